The fraction of sp³-hybridized carbons (Fsp3) is 0.743. The second-order valence-electron chi connectivity index (χ2n) is 14.9. The molecule has 4 saturated carbocycles. The number of methoxy groups -OCH3 is 1. The second kappa shape index (κ2) is 12.6. The lowest BCUT2D eigenvalue weighted by Gasteiger charge is -2.65. The Bertz CT molecular complexity index is 1340. The van der Waals surface area contributed by atoms with Crippen LogP contribution < -0.4 is 14.8 Å². The van der Waals surface area contributed by atoms with Crippen molar-refractivity contribution < 1.29 is 27.4 Å². The third-order valence-corrected chi connectivity index (χ3v) is 14.3. The molecule has 0 bridgehead atoms. The van der Waals surface area contributed by atoms with Crippen LogP contribution in [0.5, 0.6) is 5.75 Å². The first kappa shape index (κ1) is 33.2. The topological polar surface area (TPSA) is 105 Å². The molecule has 9 heteroatoms. The molecule has 0 saturated heterocycles. The molecule has 4 fully saturated rings. The molecule has 5 rings (SSSR count). The highest BCUT2D eigenvalue weighted by molar-refractivity contribution is 7.90. The summed E-state index contributed by atoms with van der Waals surface area (Å²) in [5.41, 5.74) is 0.503. The van der Waals surface area contributed by atoms with Gasteiger partial charge in [0, 0.05) is 18.7 Å². The lowest BCUT2D eigenvalue weighted by Crippen LogP contribution is -2.60. The lowest BCUT2D eigenvalue weighted by molar-refractivity contribution is -0.171. The van der Waals surface area contributed by atoms with Crippen molar-refractivity contribution in [1.82, 2.24) is 10.0 Å². The number of aliphatic hydroxyl groups is 1. The summed E-state index contributed by atoms with van der Waals surface area (Å²) in [4.78, 5) is 12.2. The molecule has 0 aromatic heterocycles. The number of hydrogen-bond donors (Lipinski definition) is 3. The third-order valence-electron chi connectivity index (χ3n) is 13.0. The molecule has 4 aliphatic carbocycles. The summed E-state index contributed by atoms with van der Waals surface area (Å²) < 4.78 is 46.2. The number of ether oxygens (including phenoxy) is 1. The molecule has 2 amide bonds. The average molecular weight is 633 g/mol. The summed E-state index contributed by atoms with van der Waals surface area (Å²) in [6, 6.07) is 2.29. The zero-order chi connectivity index (χ0) is 32.0. The Labute approximate surface area is 263 Å². The zero-order valence-electron chi connectivity index (χ0n) is 27.2. The van der Waals surface area contributed by atoms with E-state index >= 15 is 0 Å². The van der Waals surface area contributed by atoms with Crippen LogP contribution in [-0.2, 0) is 10.0 Å². The van der Waals surface area contributed by atoms with Crippen LogP contribution in [0.15, 0.2) is 35.7 Å². The summed E-state index contributed by atoms with van der Waals surface area (Å²) in [7, 11) is -2.94. The van der Waals surface area contributed by atoms with Gasteiger partial charge < -0.3 is 15.2 Å². The van der Waals surface area contributed by atoms with Gasteiger partial charge in [-0.25, -0.2) is 22.3 Å². The lowest BCUT2D eigenvalue weighted by atomic mass is 9.39. The van der Waals surface area contributed by atoms with Gasteiger partial charge in [0.25, 0.3) is 10.0 Å². The van der Waals surface area contributed by atoms with E-state index in [4.69, 9.17) is 4.74 Å². The Balaban J connectivity index is 1.23. The number of carbonyl (C=O) groups is 1. The molecule has 0 heterocycles. The molecule has 1 aromatic carbocycles. The van der Waals surface area contributed by atoms with Crippen molar-refractivity contribution in [3.63, 3.8) is 0 Å². The van der Waals surface area contributed by atoms with Crippen molar-refractivity contribution in [2.45, 2.75) is 96.5 Å². The van der Waals surface area contributed by atoms with Gasteiger partial charge in [-0.05, 0) is 116 Å². The van der Waals surface area contributed by atoms with E-state index in [1.165, 1.54) is 38.9 Å². The highest BCUT2D eigenvalue weighted by Gasteiger charge is 2.64. The number of sulfonamides is 1. The van der Waals surface area contributed by atoms with E-state index in [1.54, 1.807) is 0 Å². The van der Waals surface area contributed by atoms with Crippen LogP contribution in [0.1, 0.15) is 85.5 Å². The molecule has 4 aliphatic rings. The number of aliphatic hydroxyl groups excluding tert-OH is 1. The number of halogens is 1. The number of urea groups is 1. The van der Waals surface area contributed by atoms with Crippen molar-refractivity contribution in [2.24, 2.45) is 58.2 Å². The minimum atomic E-state index is -4.25. The maximum atomic E-state index is 13.9. The molecule has 44 heavy (non-hydrogen) atoms. The highest BCUT2D eigenvalue weighted by Crippen LogP contribution is 2.71. The van der Waals surface area contributed by atoms with Crippen molar-refractivity contribution in [3.8, 4) is 5.75 Å². The van der Waals surface area contributed by atoms with E-state index in [2.05, 4.69) is 45.7 Å². The molecular weight excluding hydrogens is 579 g/mol. The number of amides is 2. The van der Waals surface area contributed by atoms with Crippen LogP contribution in [0.2, 0.25) is 0 Å². The Morgan fingerprint density at radius 3 is 2.52 bits per heavy atom. The third kappa shape index (κ3) is 5.80. The molecule has 11 atom stereocenters. The summed E-state index contributed by atoms with van der Waals surface area (Å²) in [6.07, 6.45) is 11.8. The zero-order valence-corrected chi connectivity index (χ0v) is 28.0. The van der Waals surface area contributed by atoms with Gasteiger partial charge >= 0.3 is 6.03 Å². The smallest absolute Gasteiger partial charge is 0.328 e. The number of fused-ring (bicyclic) bond motifs is 5. The van der Waals surface area contributed by atoms with E-state index in [9.17, 15) is 22.7 Å². The molecule has 0 radical (unpaired) electrons. The fourth-order valence-corrected chi connectivity index (χ4v) is 12.0. The Hall–Kier alpha value is -2.13. The van der Waals surface area contributed by atoms with Gasteiger partial charge in [-0.1, -0.05) is 40.2 Å². The van der Waals surface area contributed by atoms with Crippen molar-refractivity contribution in [1.29, 1.82) is 0 Å². The Morgan fingerprint density at radius 1 is 1.14 bits per heavy atom. The van der Waals surface area contributed by atoms with Gasteiger partial charge in [0.05, 0.1) is 18.1 Å². The summed E-state index contributed by atoms with van der Waals surface area (Å²) >= 11 is 0. The monoisotopic (exact) mass is 632 g/mol. The molecule has 0 unspecified atom stereocenters. The molecule has 246 valence electrons. The fourth-order valence-electron chi connectivity index (χ4n) is 11.0. The van der Waals surface area contributed by atoms with Crippen LogP contribution in [0.4, 0.5) is 9.18 Å². The minimum absolute atomic E-state index is 0.0568. The van der Waals surface area contributed by atoms with Crippen molar-refractivity contribution in [2.75, 3.05) is 13.7 Å². The van der Waals surface area contributed by atoms with Gasteiger partial charge in [0.2, 0.25) is 0 Å². The van der Waals surface area contributed by atoms with Gasteiger partial charge in [-0.15, -0.1) is 6.58 Å². The number of benzene rings is 1. The molecule has 3 N–H and O–H groups in total. The quantitative estimate of drug-likeness (QED) is 0.257. The highest BCUT2D eigenvalue weighted by atomic mass is 32.2. The predicted octanol–water partition coefficient (Wildman–Crippen LogP) is 6.92. The molecule has 7 nitrogen and oxygen atoms in total. The van der Waals surface area contributed by atoms with Crippen LogP contribution in [-0.4, -0.2) is 39.3 Å². The molecule has 1 aromatic rings. The van der Waals surface area contributed by atoms with Gasteiger partial charge in [-0.3, -0.25) is 0 Å². The Morgan fingerprint density at radius 2 is 1.84 bits per heavy atom. The molecular formula is C35H53FN2O5S. The first-order valence-electron chi connectivity index (χ1n) is 16.7. The van der Waals surface area contributed by atoms with Gasteiger partial charge in [0.1, 0.15) is 11.6 Å². The normalized spacial score (nSPS) is 38.9. The van der Waals surface area contributed by atoms with E-state index in [1.807, 2.05) is 4.72 Å². The first-order valence-corrected chi connectivity index (χ1v) is 18.2. The van der Waals surface area contributed by atoms with E-state index in [-0.39, 0.29) is 27.6 Å². The van der Waals surface area contributed by atoms with E-state index in [0.717, 1.165) is 44.2 Å². The van der Waals surface area contributed by atoms with E-state index < -0.39 is 21.9 Å². The summed E-state index contributed by atoms with van der Waals surface area (Å²) in [5.74, 6) is 3.74. The average Bonchev–Trinajstić information content (AvgIpc) is 3.33. The van der Waals surface area contributed by atoms with Crippen LogP contribution in [0.25, 0.3) is 0 Å². The molecule has 0 aliphatic heterocycles. The van der Waals surface area contributed by atoms with Crippen molar-refractivity contribution in [3.05, 3.63) is 36.7 Å². The van der Waals surface area contributed by atoms with Crippen LogP contribution in [0, 0.1) is 64.0 Å². The number of carbonyl (C=O) groups excluding carboxylic acids is 1. The first-order chi connectivity index (χ1) is 20.8. The molecule has 0 spiro atoms. The van der Waals surface area contributed by atoms with Gasteiger partial charge in [-0.2, -0.15) is 0 Å². The maximum Gasteiger partial charge on any atom is 0.328 e. The predicted molar refractivity (Wildman–Crippen MR) is 170 cm³/mol. The number of rotatable bonds is 9. The van der Waals surface area contributed by atoms with Crippen molar-refractivity contribution >= 4 is 16.1 Å². The summed E-state index contributed by atoms with van der Waals surface area (Å²) in [5, 5.41) is 13.4. The summed E-state index contributed by atoms with van der Waals surface area (Å²) in [6.45, 7) is 14.4. The maximum absolute atomic E-state index is 13.9. The number of hydrogen-bond acceptors (Lipinski definition) is 5. The van der Waals surface area contributed by atoms with Gasteiger partial charge in [0.15, 0.2) is 0 Å². The van der Waals surface area contributed by atoms with Crippen LogP contribution >= 0.6 is 0 Å². The largest absolute Gasteiger partial charge is 0.497 e. The minimum Gasteiger partial charge on any atom is -0.497 e. The number of nitrogens with one attached hydrogen (secondary N) is 2. The Kier molecular flexibility index (Phi) is 9.50. The van der Waals surface area contributed by atoms with Crippen LogP contribution in [0.3, 0.4) is 0 Å². The standard InChI is InChI=1S/C35H53FN2O5S/c1-7-26-27(8-2)32-29-10-9-28(34(29,4)15-12-30(32)35(5)14-11-23(39)19-31(26)35)21(3)13-16-37-33(40)38-44(41,42)25-18-22(36)17-24(20-25)43-6/h8,17-18,20-21,23,26-32,39H,2,7,9-16,19H2,1,3-6H3,(H2,37,38,40)/t21-,23-,26+,27-,28-,29+,30+,31+,32+,34-,35-/m1/s1. The second-order valence-corrected chi connectivity index (χ2v) is 16.6. The van der Waals surface area contributed by atoms with E-state index in [0.29, 0.717) is 53.9 Å². The number of allylic oxidation sites excluding steroid dienone is 1. The SMILES string of the molecule is C=C[C@@H]1[C@H](CC)[C@@H]2C[C@H](O)CC[C@]2(C)[C@H]2CC[C@]3(C)[C@@H]([C@H](C)CCNC(=O)NS(=O)(=O)c4cc(F)cc(OC)c4)CC[C@H]3[C@H]12.